The Balaban J connectivity index is 2.21. The minimum atomic E-state index is 0.0663. The zero-order valence-electron chi connectivity index (χ0n) is 12.0. The molecule has 0 atom stereocenters. The molecule has 0 aliphatic carbocycles. The van der Waals surface area contributed by atoms with Crippen LogP contribution in [0.4, 0.5) is 0 Å². The summed E-state index contributed by atoms with van der Waals surface area (Å²) in [5, 5.41) is 0.895. The van der Waals surface area contributed by atoms with Gasteiger partial charge in [0.2, 0.25) is 5.91 Å². The van der Waals surface area contributed by atoms with E-state index in [0.29, 0.717) is 5.56 Å². The van der Waals surface area contributed by atoms with E-state index in [-0.39, 0.29) is 12.5 Å². The average molecular weight is 272 g/mol. The quantitative estimate of drug-likeness (QED) is 0.759. The lowest BCUT2D eigenvalue weighted by Crippen LogP contribution is -2.30. The molecule has 1 aromatic carbocycles. The maximum absolute atomic E-state index is 12.2. The van der Waals surface area contributed by atoms with Crippen molar-refractivity contribution in [3.05, 3.63) is 36.0 Å². The molecular weight excluding hydrogens is 252 g/mol. The van der Waals surface area contributed by atoms with Gasteiger partial charge in [-0.1, -0.05) is 31.5 Å². The van der Waals surface area contributed by atoms with Gasteiger partial charge in [-0.3, -0.25) is 9.59 Å². The van der Waals surface area contributed by atoms with E-state index in [9.17, 15) is 9.59 Å². The van der Waals surface area contributed by atoms with Crippen molar-refractivity contribution in [2.24, 2.45) is 0 Å². The highest BCUT2D eigenvalue weighted by Crippen LogP contribution is 2.19. The van der Waals surface area contributed by atoms with Crippen LogP contribution in [0.2, 0.25) is 0 Å². The molecule has 106 valence electrons. The van der Waals surface area contributed by atoms with Gasteiger partial charge in [0.25, 0.3) is 0 Å². The Hall–Kier alpha value is -2.10. The smallest absolute Gasteiger partial charge is 0.242 e. The number of para-hydroxylation sites is 1. The summed E-state index contributed by atoms with van der Waals surface area (Å²) in [6, 6.07) is 7.65. The maximum Gasteiger partial charge on any atom is 0.242 e. The lowest BCUT2D eigenvalue weighted by molar-refractivity contribution is -0.130. The fourth-order valence-corrected chi connectivity index (χ4v) is 2.29. The van der Waals surface area contributed by atoms with Crippen LogP contribution < -0.4 is 0 Å². The number of aromatic nitrogens is 1. The van der Waals surface area contributed by atoms with Crippen molar-refractivity contribution in [3.8, 4) is 0 Å². The first-order chi connectivity index (χ1) is 9.67. The van der Waals surface area contributed by atoms with Crippen LogP contribution in [0.3, 0.4) is 0 Å². The summed E-state index contributed by atoms with van der Waals surface area (Å²) in [7, 11) is 1.82. The predicted octanol–water partition coefficient (Wildman–Crippen LogP) is 2.71. The molecule has 0 radical (unpaired) electrons. The summed E-state index contributed by atoms with van der Waals surface area (Å²) >= 11 is 0. The van der Waals surface area contributed by atoms with E-state index in [4.69, 9.17) is 0 Å². The molecule has 4 nitrogen and oxygen atoms in total. The summed E-state index contributed by atoms with van der Waals surface area (Å²) in [6.07, 6.45) is 4.67. The van der Waals surface area contributed by atoms with E-state index >= 15 is 0 Å². The normalized spacial score (nSPS) is 10.7. The summed E-state index contributed by atoms with van der Waals surface area (Å²) in [6.45, 7) is 3.15. The Morgan fingerprint density at radius 1 is 1.35 bits per heavy atom. The SMILES string of the molecule is CCCCN(C)C(=O)Cn1cc(C=O)c2ccccc21. The molecule has 2 rings (SSSR count). The molecule has 1 heterocycles. The third-order valence-electron chi connectivity index (χ3n) is 3.52. The maximum atomic E-state index is 12.2. The van der Waals surface area contributed by atoms with E-state index in [1.807, 2.05) is 35.9 Å². The zero-order chi connectivity index (χ0) is 14.5. The van der Waals surface area contributed by atoms with Gasteiger partial charge in [0.15, 0.2) is 6.29 Å². The molecule has 0 unspecified atom stereocenters. The number of benzene rings is 1. The van der Waals surface area contributed by atoms with Crippen LogP contribution in [0.15, 0.2) is 30.5 Å². The highest BCUT2D eigenvalue weighted by atomic mass is 16.2. The van der Waals surface area contributed by atoms with E-state index in [1.165, 1.54) is 0 Å². The number of carbonyl (C=O) groups is 2. The van der Waals surface area contributed by atoms with Crippen LogP contribution in [-0.2, 0) is 11.3 Å². The molecule has 0 saturated carbocycles. The van der Waals surface area contributed by atoms with Crippen molar-refractivity contribution in [2.45, 2.75) is 26.3 Å². The van der Waals surface area contributed by atoms with Crippen LogP contribution in [0, 0.1) is 0 Å². The highest BCUT2D eigenvalue weighted by Gasteiger charge is 2.13. The number of likely N-dealkylation sites (N-methyl/N-ethyl adjacent to an activating group) is 1. The van der Waals surface area contributed by atoms with Gasteiger partial charge in [0.05, 0.1) is 0 Å². The standard InChI is InChI=1S/C16H20N2O2/c1-3-4-9-17(2)16(20)11-18-10-13(12-19)14-7-5-6-8-15(14)18/h5-8,10,12H,3-4,9,11H2,1-2H3. The Labute approximate surface area is 119 Å². The number of amides is 1. The van der Waals surface area contributed by atoms with Crippen molar-refractivity contribution in [2.75, 3.05) is 13.6 Å². The molecule has 0 fully saturated rings. The van der Waals surface area contributed by atoms with E-state index < -0.39 is 0 Å². The lowest BCUT2D eigenvalue weighted by Gasteiger charge is -2.17. The molecule has 0 aliphatic rings. The molecular formula is C16H20N2O2. The summed E-state index contributed by atoms with van der Waals surface area (Å²) in [5.41, 5.74) is 1.55. The largest absolute Gasteiger partial charge is 0.344 e. The number of unbranched alkanes of at least 4 members (excludes halogenated alkanes) is 1. The minimum Gasteiger partial charge on any atom is -0.344 e. The van der Waals surface area contributed by atoms with E-state index in [0.717, 1.165) is 36.6 Å². The number of carbonyl (C=O) groups excluding carboxylic acids is 2. The topological polar surface area (TPSA) is 42.3 Å². The number of nitrogens with zero attached hydrogens (tertiary/aromatic N) is 2. The number of fused-ring (bicyclic) bond motifs is 1. The minimum absolute atomic E-state index is 0.0663. The fraction of sp³-hybridized carbons (Fsp3) is 0.375. The van der Waals surface area contributed by atoms with Gasteiger partial charge in [-0.05, 0) is 12.5 Å². The lowest BCUT2D eigenvalue weighted by atomic mass is 10.2. The van der Waals surface area contributed by atoms with Gasteiger partial charge >= 0.3 is 0 Å². The van der Waals surface area contributed by atoms with Crippen LogP contribution >= 0.6 is 0 Å². The molecule has 4 heteroatoms. The Morgan fingerprint density at radius 3 is 2.80 bits per heavy atom. The first-order valence-electron chi connectivity index (χ1n) is 6.94. The molecule has 0 bridgehead atoms. The first-order valence-corrected chi connectivity index (χ1v) is 6.94. The molecule has 0 N–H and O–H groups in total. The number of hydrogen-bond acceptors (Lipinski definition) is 2. The summed E-state index contributed by atoms with van der Waals surface area (Å²) in [4.78, 5) is 25.0. The molecule has 0 spiro atoms. The monoisotopic (exact) mass is 272 g/mol. The Bertz CT molecular complexity index is 616. The van der Waals surface area contributed by atoms with Crippen LogP contribution in [0.1, 0.15) is 30.1 Å². The Kier molecular flexibility index (Phi) is 4.56. The van der Waals surface area contributed by atoms with Gasteiger partial charge < -0.3 is 9.47 Å². The van der Waals surface area contributed by atoms with Crippen molar-refractivity contribution in [1.29, 1.82) is 0 Å². The summed E-state index contributed by atoms with van der Waals surface area (Å²) in [5.74, 6) is 0.0663. The van der Waals surface area contributed by atoms with Crippen molar-refractivity contribution in [1.82, 2.24) is 9.47 Å². The van der Waals surface area contributed by atoms with Crippen molar-refractivity contribution in [3.63, 3.8) is 0 Å². The second-order valence-corrected chi connectivity index (χ2v) is 5.02. The van der Waals surface area contributed by atoms with Gasteiger partial charge in [0, 0.05) is 36.3 Å². The van der Waals surface area contributed by atoms with Gasteiger partial charge in [-0.15, -0.1) is 0 Å². The molecule has 1 amide bonds. The van der Waals surface area contributed by atoms with Crippen LogP contribution in [0.5, 0.6) is 0 Å². The number of aldehydes is 1. The molecule has 1 aromatic heterocycles. The van der Waals surface area contributed by atoms with Crippen molar-refractivity contribution >= 4 is 23.1 Å². The molecule has 0 aliphatic heterocycles. The van der Waals surface area contributed by atoms with Crippen molar-refractivity contribution < 1.29 is 9.59 Å². The third-order valence-corrected chi connectivity index (χ3v) is 3.52. The average Bonchev–Trinajstić information content (AvgIpc) is 2.83. The predicted molar refractivity (Wildman–Crippen MR) is 79.9 cm³/mol. The summed E-state index contributed by atoms with van der Waals surface area (Å²) < 4.78 is 1.85. The second-order valence-electron chi connectivity index (χ2n) is 5.02. The zero-order valence-corrected chi connectivity index (χ0v) is 12.0. The molecule has 0 saturated heterocycles. The number of rotatable bonds is 6. The van der Waals surface area contributed by atoms with E-state index in [2.05, 4.69) is 6.92 Å². The Morgan fingerprint density at radius 2 is 2.10 bits per heavy atom. The van der Waals surface area contributed by atoms with Crippen LogP contribution in [-0.4, -0.2) is 35.3 Å². The van der Waals surface area contributed by atoms with Gasteiger partial charge in [0.1, 0.15) is 6.54 Å². The van der Waals surface area contributed by atoms with Gasteiger partial charge in [-0.25, -0.2) is 0 Å². The van der Waals surface area contributed by atoms with Gasteiger partial charge in [-0.2, -0.15) is 0 Å². The molecule has 2 aromatic rings. The third kappa shape index (κ3) is 2.90. The molecule has 20 heavy (non-hydrogen) atoms. The first kappa shape index (κ1) is 14.3. The van der Waals surface area contributed by atoms with Crippen LogP contribution in [0.25, 0.3) is 10.9 Å². The fourth-order valence-electron chi connectivity index (χ4n) is 2.29. The number of hydrogen-bond donors (Lipinski definition) is 0. The second kappa shape index (κ2) is 6.37. The highest BCUT2D eigenvalue weighted by molar-refractivity contribution is 5.98. The van der Waals surface area contributed by atoms with E-state index in [1.54, 1.807) is 11.1 Å².